The number of carbonyl (C=O) groups excluding carboxylic acids is 1. The fraction of sp³-hybridized carbons (Fsp3) is 0.381. The smallest absolute Gasteiger partial charge is 0.226 e. The van der Waals surface area contributed by atoms with Gasteiger partial charge in [-0.2, -0.15) is 0 Å². The van der Waals surface area contributed by atoms with Crippen molar-refractivity contribution in [2.75, 3.05) is 26.7 Å². The lowest BCUT2D eigenvalue weighted by atomic mass is 10.0. The van der Waals surface area contributed by atoms with E-state index >= 15 is 0 Å². The highest BCUT2D eigenvalue weighted by atomic mass is 19.1. The molecule has 1 saturated heterocycles. The van der Waals surface area contributed by atoms with Crippen LogP contribution >= 0.6 is 0 Å². The minimum atomic E-state index is -0.240. The largest absolute Gasteiger partial charge is 0.496 e. The van der Waals surface area contributed by atoms with E-state index in [1.54, 1.807) is 19.2 Å². The predicted molar refractivity (Wildman–Crippen MR) is 97.6 cm³/mol. The monoisotopic (exact) mass is 354 g/mol. The predicted octanol–water partition coefficient (Wildman–Crippen LogP) is 3.11. The Morgan fingerprint density at radius 2 is 1.96 bits per heavy atom. The van der Waals surface area contributed by atoms with Gasteiger partial charge in [0.05, 0.1) is 13.2 Å². The summed E-state index contributed by atoms with van der Waals surface area (Å²) in [6, 6.07) is 14.4. The third-order valence-corrected chi connectivity index (χ3v) is 5.43. The zero-order chi connectivity index (χ0) is 18.1. The van der Waals surface area contributed by atoms with Gasteiger partial charge in [0.15, 0.2) is 0 Å². The molecule has 1 amide bonds. The Bertz CT molecular complexity index is 793. The molecule has 3 atom stereocenters. The van der Waals surface area contributed by atoms with Crippen molar-refractivity contribution in [1.82, 2.24) is 10.2 Å². The van der Waals surface area contributed by atoms with Gasteiger partial charge in [-0.25, -0.2) is 4.39 Å². The molecule has 1 heterocycles. The van der Waals surface area contributed by atoms with Crippen LogP contribution in [0.15, 0.2) is 48.5 Å². The van der Waals surface area contributed by atoms with Crippen molar-refractivity contribution < 1.29 is 13.9 Å². The number of halogens is 1. The molecule has 0 aromatic heterocycles. The van der Waals surface area contributed by atoms with E-state index in [0.29, 0.717) is 6.54 Å². The summed E-state index contributed by atoms with van der Waals surface area (Å²) in [5.41, 5.74) is 2.09. The fourth-order valence-electron chi connectivity index (χ4n) is 3.95. The van der Waals surface area contributed by atoms with Gasteiger partial charge in [0.1, 0.15) is 11.6 Å². The number of nitrogens with zero attached hydrogens (tertiary/aromatic N) is 1. The summed E-state index contributed by atoms with van der Waals surface area (Å²) in [5.74, 6) is 0.962. The van der Waals surface area contributed by atoms with Gasteiger partial charge in [0, 0.05) is 31.1 Å². The molecule has 136 valence electrons. The van der Waals surface area contributed by atoms with Gasteiger partial charge >= 0.3 is 0 Å². The van der Waals surface area contributed by atoms with Crippen molar-refractivity contribution in [1.29, 1.82) is 0 Å². The Morgan fingerprint density at radius 3 is 2.73 bits per heavy atom. The van der Waals surface area contributed by atoms with E-state index in [1.165, 1.54) is 12.1 Å². The number of methoxy groups -OCH3 is 1. The first-order chi connectivity index (χ1) is 12.7. The molecule has 1 aliphatic carbocycles. The maximum Gasteiger partial charge on any atom is 0.226 e. The molecule has 2 aliphatic rings. The lowest BCUT2D eigenvalue weighted by Crippen LogP contribution is -2.49. The quantitative estimate of drug-likeness (QED) is 0.917. The number of hydrogen-bond donors (Lipinski definition) is 1. The van der Waals surface area contributed by atoms with Crippen LogP contribution in [0.25, 0.3) is 0 Å². The average molecular weight is 354 g/mol. The highest BCUT2D eigenvalue weighted by molar-refractivity contribution is 5.83. The molecule has 1 aliphatic heterocycles. The van der Waals surface area contributed by atoms with Crippen molar-refractivity contribution in [3.05, 3.63) is 65.5 Å². The van der Waals surface area contributed by atoms with Crippen LogP contribution in [0.4, 0.5) is 4.39 Å². The van der Waals surface area contributed by atoms with Crippen LogP contribution in [0.2, 0.25) is 0 Å². The van der Waals surface area contributed by atoms with Gasteiger partial charge in [-0.1, -0.05) is 30.3 Å². The molecular weight excluding hydrogens is 331 g/mol. The summed E-state index contributed by atoms with van der Waals surface area (Å²) in [6.45, 7) is 2.21. The number of amides is 1. The molecule has 0 bridgehead atoms. The minimum absolute atomic E-state index is 0.00392. The second kappa shape index (κ2) is 7.08. The zero-order valence-corrected chi connectivity index (χ0v) is 14.8. The van der Waals surface area contributed by atoms with E-state index in [4.69, 9.17) is 4.74 Å². The number of para-hydroxylation sites is 1. The highest BCUT2D eigenvalue weighted by Gasteiger charge is 2.47. The normalized spacial score (nSPS) is 25.0. The summed E-state index contributed by atoms with van der Waals surface area (Å²) in [5, 5.41) is 3.39. The van der Waals surface area contributed by atoms with E-state index in [-0.39, 0.29) is 29.6 Å². The van der Waals surface area contributed by atoms with E-state index in [9.17, 15) is 9.18 Å². The van der Waals surface area contributed by atoms with E-state index in [1.807, 2.05) is 29.2 Å². The standard InChI is InChI=1S/C21H23FN2O2/c1-26-20-5-3-2-4-16(20)19-13-23-10-11-24(19)21(25)18-12-17(18)14-6-8-15(22)9-7-14/h2-9,17-19,23H,10-13H2,1H3. The number of hydrogen-bond acceptors (Lipinski definition) is 3. The lowest BCUT2D eigenvalue weighted by Gasteiger charge is -2.37. The third-order valence-electron chi connectivity index (χ3n) is 5.43. The molecule has 2 aromatic carbocycles. The van der Waals surface area contributed by atoms with Gasteiger partial charge in [-0.15, -0.1) is 0 Å². The van der Waals surface area contributed by atoms with Gasteiger partial charge in [0.25, 0.3) is 0 Å². The Labute approximate surface area is 153 Å². The Hall–Kier alpha value is -2.40. The van der Waals surface area contributed by atoms with Gasteiger partial charge < -0.3 is 15.0 Å². The molecule has 3 unspecified atom stereocenters. The van der Waals surface area contributed by atoms with Crippen LogP contribution in [0.5, 0.6) is 5.75 Å². The highest BCUT2D eigenvalue weighted by Crippen LogP contribution is 2.49. The van der Waals surface area contributed by atoms with Gasteiger partial charge in [0.2, 0.25) is 5.91 Å². The molecule has 0 radical (unpaired) electrons. The fourth-order valence-corrected chi connectivity index (χ4v) is 3.95. The summed E-state index contributed by atoms with van der Waals surface area (Å²) in [7, 11) is 1.66. The molecule has 1 saturated carbocycles. The topological polar surface area (TPSA) is 41.6 Å². The van der Waals surface area contributed by atoms with Gasteiger partial charge in [-0.3, -0.25) is 4.79 Å². The van der Waals surface area contributed by atoms with Crippen LogP contribution in [-0.4, -0.2) is 37.6 Å². The number of ether oxygens (including phenoxy) is 1. The van der Waals surface area contributed by atoms with Crippen molar-refractivity contribution in [2.45, 2.75) is 18.4 Å². The summed E-state index contributed by atoms with van der Waals surface area (Å²) >= 11 is 0. The van der Waals surface area contributed by atoms with E-state index in [0.717, 1.165) is 36.4 Å². The SMILES string of the molecule is COc1ccccc1C1CNCCN1C(=O)C1CC1c1ccc(F)cc1. The molecule has 4 rings (SSSR count). The van der Waals surface area contributed by atoms with Crippen molar-refractivity contribution in [3.63, 3.8) is 0 Å². The van der Waals surface area contributed by atoms with Crippen LogP contribution in [0, 0.1) is 11.7 Å². The Kier molecular flexibility index (Phi) is 4.64. The first-order valence-electron chi connectivity index (χ1n) is 9.08. The van der Waals surface area contributed by atoms with Crippen LogP contribution < -0.4 is 10.1 Å². The first kappa shape index (κ1) is 17.0. The first-order valence-corrected chi connectivity index (χ1v) is 9.08. The molecule has 4 nitrogen and oxygen atoms in total. The number of rotatable bonds is 4. The number of benzene rings is 2. The van der Waals surface area contributed by atoms with Crippen molar-refractivity contribution >= 4 is 5.91 Å². The molecule has 2 fully saturated rings. The second-order valence-corrected chi connectivity index (χ2v) is 6.99. The number of piperazine rings is 1. The van der Waals surface area contributed by atoms with E-state index in [2.05, 4.69) is 5.32 Å². The summed E-state index contributed by atoms with van der Waals surface area (Å²) in [4.78, 5) is 15.2. The van der Waals surface area contributed by atoms with Crippen LogP contribution in [-0.2, 0) is 4.79 Å². The molecule has 26 heavy (non-hydrogen) atoms. The average Bonchev–Trinajstić information content (AvgIpc) is 3.49. The van der Waals surface area contributed by atoms with Crippen LogP contribution in [0.3, 0.4) is 0 Å². The summed E-state index contributed by atoms with van der Waals surface area (Å²) < 4.78 is 18.6. The molecule has 0 spiro atoms. The van der Waals surface area contributed by atoms with Gasteiger partial charge in [-0.05, 0) is 36.1 Å². The minimum Gasteiger partial charge on any atom is -0.496 e. The third kappa shape index (κ3) is 3.19. The maximum atomic E-state index is 13.2. The maximum absolute atomic E-state index is 13.2. The second-order valence-electron chi connectivity index (χ2n) is 6.99. The zero-order valence-electron chi connectivity index (χ0n) is 14.8. The summed E-state index contributed by atoms with van der Waals surface area (Å²) in [6.07, 6.45) is 0.840. The molecule has 5 heteroatoms. The number of carbonyl (C=O) groups is 1. The molecular formula is C21H23FN2O2. The van der Waals surface area contributed by atoms with Crippen LogP contribution in [0.1, 0.15) is 29.5 Å². The van der Waals surface area contributed by atoms with Crippen molar-refractivity contribution in [2.24, 2.45) is 5.92 Å². The van der Waals surface area contributed by atoms with Crippen molar-refractivity contribution in [3.8, 4) is 5.75 Å². The van der Waals surface area contributed by atoms with E-state index < -0.39 is 0 Å². The number of nitrogens with one attached hydrogen (secondary N) is 1. The Balaban J connectivity index is 1.53. The molecule has 2 aromatic rings. The Morgan fingerprint density at radius 1 is 1.19 bits per heavy atom. The lowest BCUT2D eigenvalue weighted by molar-refractivity contribution is -0.136. The molecule has 1 N–H and O–H groups in total.